The molecule has 29 heavy (non-hydrogen) atoms. The normalized spacial score (nSPS) is 11.1. The van der Waals surface area contributed by atoms with Gasteiger partial charge in [0.25, 0.3) is 0 Å². The van der Waals surface area contributed by atoms with Crippen LogP contribution in [0.4, 0.5) is 11.4 Å². The minimum atomic E-state index is -3.61. The number of amides is 1. The highest BCUT2D eigenvalue weighted by Crippen LogP contribution is 2.27. The van der Waals surface area contributed by atoms with Crippen LogP contribution in [0, 0.1) is 0 Å². The number of aryl methyl sites for hydroxylation is 1. The molecule has 0 fully saturated rings. The van der Waals surface area contributed by atoms with Crippen LogP contribution < -0.4 is 9.62 Å². The van der Waals surface area contributed by atoms with Gasteiger partial charge in [0, 0.05) is 11.3 Å². The first kappa shape index (κ1) is 20.6. The van der Waals surface area contributed by atoms with Crippen molar-refractivity contribution in [1.29, 1.82) is 0 Å². The van der Waals surface area contributed by atoms with Crippen molar-refractivity contribution >= 4 is 27.3 Å². The number of benzene rings is 3. The van der Waals surface area contributed by atoms with E-state index in [0.29, 0.717) is 11.4 Å². The molecule has 3 aromatic carbocycles. The minimum absolute atomic E-state index is 0.298. The predicted octanol–water partition coefficient (Wildman–Crippen LogP) is 4.32. The zero-order valence-corrected chi connectivity index (χ0v) is 17.3. The number of carbonyl (C=O) groups excluding carboxylic acids is 1. The van der Waals surface area contributed by atoms with Gasteiger partial charge >= 0.3 is 0 Å². The summed E-state index contributed by atoms with van der Waals surface area (Å²) in [4.78, 5) is 12.7. The zero-order chi connectivity index (χ0) is 20.9. The van der Waals surface area contributed by atoms with Gasteiger partial charge in [0.2, 0.25) is 15.9 Å². The van der Waals surface area contributed by atoms with Crippen LogP contribution in [0.1, 0.15) is 12.5 Å². The SMILES string of the molecule is CCc1ccc(N(CC(=O)Nc2ccccc2-c2ccccc2)S(C)(=O)=O)cc1. The van der Waals surface area contributed by atoms with Crippen LogP contribution in [0.15, 0.2) is 78.9 Å². The number of anilines is 2. The first-order valence-electron chi connectivity index (χ1n) is 9.39. The molecule has 0 aliphatic carbocycles. The lowest BCUT2D eigenvalue weighted by atomic mass is 10.0. The summed E-state index contributed by atoms with van der Waals surface area (Å²) in [5, 5.41) is 2.86. The Morgan fingerprint density at radius 1 is 0.897 bits per heavy atom. The summed E-state index contributed by atoms with van der Waals surface area (Å²) in [6.07, 6.45) is 1.96. The highest BCUT2D eigenvalue weighted by molar-refractivity contribution is 7.92. The molecule has 0 saturated heterocycles. The van der Waals surface area contributed by atoms with Crippen molar-refractivity contribution in [1.82, 2.24) is 0 Å². The fourth-order valence-corrected chi connectivity index (χ4v) is 3.94. The molecule has 5 nitrogen and oxygen atoms in total. The smallest absolute Gasteiger partial charge is 0.245 e. The molecule has 6 heteroatoms. The number of nitrogens with zero attached hydrogens (tertiary/aromatic N) is 1. The summed E-state index contributed by atoms with van der Waals surface area (Å²) in [5.74, 6) is -0.404. The Balaban J connectivity index is 1.83. The van der Waals surface area contributed by atoms with Gasteiger partial charge in [-0.3, -0.25) is 9.10 Å². The Hall–Kier alpha value is -3.12. The predicted molar refractivity (Wildman–Crippen MR) is 119 cm³/mol. The van der Waals surface area contributed by atoms with Crippen LogP contribution in [-0.4, -0.2) is 27.1 Å². The van der Waals surface area contributed by atoms with E-state index in [1.807, 2.05) is 67.6 Å². The molecule has 0 atom stereocenters. The van der Waals surface area contributed by atoms with Crippen molar-refractivity contribution < 1.29 is 13.2 Å². The Labute approximate surface area is 172 Å². The van der Waals surface area contributed by atoms with Gasteiger partial charge in [-0.15, -0.1) is 0 Å². The third-order valence-corrected chi connectivity index (χ3v) is 5.75. The molecule has 0 spiro atoms. The number of nitrogens with one attached hydrogen (secondary N) is 1. The summed E-state index contributed by atoms with van der Waals surface area (Å²) in [5.41, 5.74) is 4.05. The van der Waals surface area contributed by atoms with Crippen LogP contribution in [-0.2, 0) is 21.2 Å². The molecule has 0 aliphatic rings. The fraction of sp³-hybridized carbons (Fsp3) is 0.174. The van der Waals surface area contributed by atoms with Crippen LogP contribution in [0.25, 0.3) is 11.1 Å². The van der Waals surface area contributed by atoms with E-state index in [4.69, 9.17) is 0 Å². The molecule has 0 saturated carbocycles. The third-order valence-electron chi connectivity index (χ3n) is 4.61. The van der Waals surface area contributed by atoms with Crippen LogP contribution in [0.3, 0.4) is 0 Å². The average molecular weight is 409 g/mol. The Morgan fingerprint density at radius 2 is 1.52 bits per heavy atom. The van der Waals surface area contributed by atoms with Gasteiger partial charge < -0.3 is 5.32 Å². The van der Waals surface area contributed by atoms with Crippen molar-refractivity contribution in [3.05, 3.63) is 84.4 Å². The number of hydrogen-bond donors (Lipinski definition) is 1. The number of para-hydroxylation sites is 1. The molecule has 0 heterocycles. The molecular weight excluding hydrogens is 384 g/mol. The molecule has 0 unspecified atom stereocenters. The Bertz CT molecular complexity index is 1080. The highest BCUT2D eigenvalue weighted by Gasteiger charge is 2.21. The van der Waals surface area contributed by atoms with Gasteiger partial charge in [0.1, 0.15) is 6.54 Å². The van der Waals surface area contributed by atoms with Crippen molar-refractivity contribution in [3.63, 3.8) is 0 Å². The zero-order valence-electron chi connectivity index (χ0n) is 16.5. The van der Waals surface area contributed by atoms with E-state index >= 15 is 0 Å². The van der Waals surface area contributed by atoms with E-state index in [2.05, 4.69) is 5.32 Å². The minimum Gasteiger partial charge on any atom is -0.324 e. The molecule has 3 rings (SSSR count). The lowest BCUT2D eigenvalue weighted by Gasteiger charge is -2.22. The van der Waals surface area contributed by atoms with E-state index in [1.54, 1.807) is 18.2 Å². The molecule has 3 aromatic rings. The number of sulfonamides is 1. The van der Waals surface area contributed by atoms with E-state index in [-0.39, 0.29) is 6.54 Å². The monoisotopic (exact) mass is 408 g/mol. The summed E-state index contributed by atoms with van der Waals surface area (Å²) >= 11 is 0. The first-order valence-corrected chi connectivity index (χ1v) is 11.2. The summed E-state index contributed by atoms with van der Waals surface area (Å²) in [7, 11) is -3.61. The number of carbonyl (C=O) groups is 1. The second-order valence-electron chi connectivity index (χ2n) is 6.75. The molecule has 0 radical (unpaired) electrons. The number of hydrogen-bond acceptors (Lipinski definition) is 3. The van der Waals surface area contributed by atoms with Gasteiger partial charge in [-0.1, -0.05) is 67.6 Å². The van der Waals surface area contributed by atoms with Gasteiger partial charge in [0.15, 0.2) is 0 Å². The third kappa shape index (κ3) is 5.23. The second-order valence-corrected chi connectivity index (χ2v) is 8.66. The summed E-state index contributed by atoms with van der Waals surface area (Å²) in [6, 6.07) is 24.4. The molecule has 1 amide bonds. The van der Waals surface area contributed by atoms with E-state index < -0.39 is 15.9 Å². The van der Waals surface area contributed by atoms with Crippen molar-refractivity contribution in [2.45, 2.75) is 13.3 Å². The van der Waals surface area contributed by atoms with Gasteiger partial charge in [-0.25, -0.2) is 8.42 Å². The molecule has 150 valence electrons. The number of rotatable bonds is 7. The van der Waals surface area contributed by atoms with Gasteiger partial charge in [0.05, 0.1) is 11.9 Å². The van der Waals surface area contributed by atoms with Crippen LogP contribution >= 0.6 is 0 Å². The molecule has 0 aromatic heterocycles. The quantitative estimate of drug-likeness (QED) is 0.633. The van der Waals surface area contributed by atoms with E-state index in [1.165, 1.54) is 0 Å². The molecule has 1 N–H and O–H groups in total. The van der Waals surface area contributed by atoms with E-state index in [9.17, 15) is 13.2 Å². The standard InChI is InChI=1S/C23H24N2O3S/c1-3-18-13-15-20(16-14-18)25(29(2,27)28)17-23(26)24-22-12-8-7-11-21(22)19-9-5-4-6-10-19/h4-16H,3,17H2,1-2H3,(H,24,26). The van der Waals surface area contributed by atoms with Crippen LogP contribution in [0.5, 0.6) is 0 Å². The van der Waals surface area contributed by atoms with Crippen molar-refractivity contribution in [2.75, 3.05) is 22.4 Å². The van der Waals surface area contributed by atoms with Gasteiger partial charge in [-0.2, -0.15) is 0 Å². The Morgan fingerprint density at radius 3 is 2.14 bits per heavy atom. The lowest BCUT2D eigenvalue weighted by molar-refractivity contribution is -0.114. The van der Waals surface area contributed by atoms with E-state index in [0.717, 1.165) is 33.7 Å². The molecule has 0 bridgehead atoms. The van der Waals surface area contributed by atoms with Crippen molar-refractivity contribution in [3.8, 4) is 11.1 Å². The van der Waals surface area contributed by atoms with Crippen molar-refractivity contribution in [2.24, 2.45) is 0 Å². The largest absolute Gasteiger partial charge is 0.324 e. The maximum absolute atomic E-state index is 12.7. The topological polar surface area (TPSA) is 66.5 Å². The molecule has 0 aliphatic heterocycles. The second kappa shape index (κ2) is 8.92. The van der Waals surface area contributed by atoms with Crippen LogP contribution in [0.2, 0.25) is 0 Å². The molecular formula is C23H24N2O3S. The summed E-state index contributed by atoms with van der Waals surface area (Å²) in [6.45, 7) is 1.73. The van der Waals surface area contributed by atoms with Gasteiger partial charge in [-0.05, 0) is 35.7 Å². The maximum Gasteiger partial charge on any atom is 0.245 e. The maximum atomic E-state index is 12.7. The highest BCUT2D eigenvalue weighted by atomic mass is 32.2. The lowest BCUT2D eigenvalue weighted by Crippen LogP contribution is -2.37. The summed E-state index contributed by atoms with van der Waals surface area (Å²) < 4.78 is 25.7. The first-order chi connectivity index (χ1) is 13.9. The Kier molecular flexibility index (Phi) is 6.34. The fourth-order valence-electron chi connectivity index (χ4n) is 3.08. The average Bonchev–Trinajstić information content (AvgIpc) is 2.72.